The summed E-state index contributed by atoms with van der Waals surface area (Å²) in [7, 11) is 0. The molecule has 5 heteroatoms. The molecule has 1 saturated heterocycles. The predicted molar refractivity (Wildman–Crippen MR) is 111 cm³/mol. The standard InChI is InChI=1S/C22H29N3OS/c1-16-20(17(2)24-22(23-16)27-3)9-10-21(26)25-13-11-19(12-14-25)15-18-7-5-4-6-8-18/h4-8,19H,9-15H2,1-3H3. The Morgan fingerprint density at radius 3 is 2.33 bits per heavy atom. The number of thioether (sulfide) groups is 1. The summed E-state index contributed by atoms with van der Waals surface area (Å²) in [4.78, 5) is 23.7. The van der Waals surface area contributed by atoms with Gasteiger partial charge in [-0.1, -0.05) is 42.1 Å². The van der Waals surface area contributed by atoms with Gasteiger partial charge in [-0.25, -0.2) is 9.97 Å². The summed E-state index contributed by atoms with van der Waals surface area (Å²) in [5, 5.41) is 0.806. The third-order valence-corrected chi connectivity index (χ3v) is 6.05. The summed E-state index contributed by atoms with van der Waals surface area (Å²) in [6, 6.07) is 10.7. The molecule has 144 valence electrons. The van der Waals surface area contributed by atoms with Gasteiger partial charge in [-0.3, -0.25) is 4.79 Å². The second kappa shape index (κ2) is 9.36. The Hall–Kier alpha value is -1.88. The number of benzene rings is 1. The van der Waals surface area contributed by atoms with Gasteiger partial charge < -0.3 is 4.90 Å². The molecule has 0 radical (unpaired) electrons. The van der Waals surface area contributed by atoms with Crippen molar-refractivity contribution in [3.05, 3.63) is 52.8 Å². The van der Waals surface area contributed by atoms with Gasteiger partial charge >= 0.3 is 0 Å². The Morgan fingerprint density at radius 2 is 1.74 bits per heavy atom. The van der Waals surface area contributed by atoms with E-state index < -0.39 is 0 Å². The molecule has 4 nitrogen and oxygen atoms in total. The molecular formula is C22H29N3OS. The fourth-order valence-corrected chi connectivity index (χ4v) is 4.34. The zero-order chi connectivity index (χ0) is 19.2. The van der Waals surface area contributed by atoms with Crippen LogP contribution in [-0.2, 0) is 17.6 Å². The van der Waals surface area contributed by atoms with Crippen molar-refractivity contribution in [1.29, 1.82) is 0 Å². The van der Waals surface area contributed by atoms with Gasteiger partial charge in [0.1, 0.15) is 0 Å². The first-order valence-electron chi connectivity index (χ1n) is 9.76. The van der Waals surface area contributed by atoms with E-state index in [-0.39, 0.29) is 5.91 Å². The van der Waals surface area contributed by atoms with Gasteiger partial charge in [0.2, 0.25) is 5.91 Å². The van der Waals surface area contributed by atoms with Gasteiger partial charge in [-0.15, -0.1) is 0 Å². The van der Waals surface area contributed by atoms with E-state index in [0.717, 1.165) is 60.9 Å². The largest absolute Gasteiger partial charge is 0.343 e. The number of carbonyl (C=O) groups is 1. The molecule has 0 aliphatic carbocycles. The Bertz CT molecular complexity index is 747. The minimum atomic E-state index is 0.265. The highest BCUT2D eigenvalue weighted by Gasteiger charge is 2.23. The predicted octanol–water partition coefficient (Wildman–Crippen LogP) is 4.23. The van der Waals surface area contributed by atoms with Crippen LogP contribution in [0.3, 0.4) is 0 Å². The van der Waals surface area contributed by atoms with Crippen molar-refractivity contribution < 1.29 is 4.79 Å². The van der Waals surface area contributed by atoms with Crippen LogP contribution in [0.2, 0.25) is 0 Å². The molecule has 1 amide bonds. The molecule has 0 N–H and O–H groups in total. The highest BCUT2D eigenvalue weighted by Crippen LogP contribution is 2.23. The maximum Gasteiger partial charge on any atom is 0.222 e. The van der Waals surface area contributed by atoms with Crippen LogP contribution in [0.15, 0.2) is 35.5 Å². The molecule has 1 aromatic heterocycles. The number of amides is 1. The second-order valence-electron chi connectivity index (χ2n) is 7.37. The summed E-state index contributed by atoms with van der Waals surface area (Å²) in [6.45, 7) is 5.80. The van der Waals surface area contributed by atoms with Crippen LogP contribution < -0.4 is 0 Å². The first-order chi connectivity index (χ1) is 13.1. The van der Waals surface area contributed by atoms with Crippen molar-refractivity contribution in [3.8, 4) is 0 Å². The normalized spacial score (nSPS) is 15.1. The summed E-state index contributed by atoms with van der Waals surface area (Å²) in [5.74, 6) is 0.953. The molecule has 0 unspecified atom stereocenters. The molecular weight excluding hydrogens is 354 g/mol. The number of hydrogen-bond donors (Lipinski definition) is 0. The summed E-state index contributed by atoms with van der Waals surface area (Å²) >= 11 is 1.56. The van der Waals surface area contributed by atoms with Crippen molar-refractivity contribution in [2.24, 2.45) is 5.92 Å². The first-order valence-corrected chi connectivity index (χ1v) is 11.0. The quantitative estimate of drug-likeness (QED) is 0.553. The summed E-state index contributed by atoms with van der Waals surface area (Å²) < 4.78 is 0. The van der Waals surface area contributed by atoms with Crippen molar-refractivity contribution in [3.63, 3.8) is 0 Å². The maximum absolute atomic E-state index is 12.7. The highest BCUT2D eigenvalue weighted by atomic mass is 32.2. The maximum atomic E-state index is 12.7. The zero-order valence-electron chi connectivity index (χ0n) is 16.6. The Morgan fingerprint density at radius 1 is 1.11 bits per heavy atom. The smallest absolute Gasteiger partial charge is 0.222 e. The van der Waals surface area contributed by atoms with Crippen LogP contribution in [-0.4, -0.2) is 40.1 Å². The monoisotopic (exact) mass is 383 g/mol. The third kappa shape index (κ3) is 5.32. The zero-order valence-corrected chi connectivity index (χ0v) is 17.4. The van der Waals surface area contributed by atoms with Crippen LogP contribution in [0.5, 0.6) is 0 Å². The molecule has 1 aliphatic heterocycles. The SMILES string of the molecule is CSc1nc(C)c(CCC(=O)N2CCC(Cc3ccccc3)CC2)c(C)n1. The molecule has 1 fully saturated rings. The molecule has 0 atom stereocenters. The molecule has 3 rings (SSSR count). The van der Waals surface area contributed by atoms with Gasteiger partial charge in [0.05, 0.1) is 0 Å². The molecule has 0 saturated carbocycles. The number of carbonyl (C=O) groups excluding carboxylic acids is 1. The Labute approximate surface area is 166 Å². The van der Waals surface area contributed by atoms with E-state index in [4.69, 9.17) is 0 Å². The van der Waals surface area contributed by atoms with E-state index >= 15 is 0 Å². The summed E-state index contributed by atoms with van der Waals surface area (Å²) in [5.41, 5.74) is 4.53. The van der Waals surface area contributed by atoms with Gasteiger partial charge in [0.25, 0.3) is 0 Å². The Kier molecular flexibility index (Phi) is 6.89. The number of hydrogen-bond acceptors (Lipinski definition) is 4. The lowest BCUT2D eigenvalue weighted by Gasteiger charge is -2.32. The Balaban J connectivity index is 1.49. The molecule has 2 aromatic rings. The van der Waals surface area contributed by atoms with Crippen LogP contribution in [0.1, 0.15) is 41.8 Å². The highest BCUT2D eigenvalue weighted by molar-refractivity contribution is 7.98. The van der Waals surface area contributed by atoms with Gasteiger partial charge in [0.15, 0.2) is 5.16 Å². The van der Waals surface area contributed by atoms with Crippen LogP contribution in [0, 0.1) is 19.8 Å². The fourth-order valence-electron chi connectivity index (χ4n) is 3.89. The van der Waals surface area contributed by atoms with Crippen molar-refractivity contribution in [1.82, 2.24) is 14.9 Å². The van der Waals surface area contributed by atoms with Crippen LogP contribution in [0.25, 0.3) is 0 Å². The van der Waals surface area contributed by atoms with Crippen LogP contribution >= 0.6 is 11.8 Å². The average molecular weight is 384 g/mol. The van der Waals surface area contributed by atoms with E-state index in [1.807, 2.05) is 25.0 Å². The lowest BCUT2D eigenvalue weighted by molar-refractivity contribution is -0.132. The van der Waals surface area contributed by atoms with E-state index in [1.165, 1.54) is 5.56 Å². The number of piperidine rings is 1. The van der Waals surface area contributed by atoms with E-state index in [0.29, 0.717) is 12.3 Å². The third-order valence-electron chi connectivity index (χ3n) is 5.51. The van der Waals surface area contributed by atoms with Gasteiger partial charge in [0, 0.05) is 30.9 Å². The number of aryl methyl sites for hydroxylation is 2. The first kappa shape index (κ1) is 19.9. The summed E-state index contributed by atoms with van der Waals surface area (Å²) in [6.07, 6.45) is 6.59. The number of aromatic nitrogens is 2. The molecule has 27 heavy (non-hydrogen) atoms. The van der Waals surface area contributed by atoms with E-state index in [9.17, 15) is 4.79 Å². The molecule has 0 spiro atoms. The minimum Gasteiger partial charge on any atom is -0.343 e. The lowest BCUT2D eigenvalue weighted by Crippen LogP contribution is -2.39. The molecule has 1 aliphatic rings. The molecule has 1 aromatic carbocycles. The number of nitrogens with zero attached hydrogens (tertiary/aromatic N) is 3. The number of likely N-dealkylation sites (tertiary alicyclic amines) is 1. The topological polar surface area (TPSA) is 46.1 Å². The van der Waals surface area contributed by atoms with Gasteiger partial charge in [-0.05, 0) is 62.8 Å². The fraction of sp³-hybridized carbons (Fsp3) is 0.500. The van der Waals surface area contributed by atoms with E-state index in [1.54, 1.807) is 11.8 Å². The van der Waals surface area contributed by atoms with Crippen molar-refractivity contribution in [2.75, 3.05) is 19.3 Å². The van der Waals surface area contributed by atoms with Crippen molar-refractivity contribution in [2.45, 2.75) is 51.1 Å². The van der Waals surface area contributed by atoms with Crippen molar-refractivity contribution >= 4 is 17.7 Å². The van der Waals surface area contributed by atoms with Gasteiger partial charge in [-0.2, -0.15) is 0 Å². The molecule has 0 bridgehead atoms. The number of rotatable bonds is 6. The van der Waals surface area contributed by atoms with E-state index in [2.05, 4.69) is 40.3 Å². The lowest BCUT2D eigenvalue weighted by atomic mass is 9.90. The minimum absolute atomic E-state index is 0.265. The van der Waals surface area contributed by atoms with Crippen LogP contribution in [0.4, 0.5) is 0 Å². The average Bonchev–Trinajstić information content (AvgIpc) is 2.68. The second-order valence-corrected chi connectivity index (χ2v) is 8.15. The molecule has 2 heterocycles.